The van der Waals surface area contributed by atoms with E-state index in [0.717, 1.165) is 30.6 Å². The Morgan fingerprint density at radius 3 is 2.54 bits per heavy atom. The molecule has 1 aliphatic heterocycles. The second-order valence-electron chi connectivity index (χ2n) is 10.0. The number of aromatic hydroxyl groups is 1. The first-order valence-electron chi connectivity index (χ1n) is 12.7. The number of carbonyl (C=O) groups is 2. The molecule has 0 unspecified atom stereocenters. The normalized spacial score (nSPS) is 20.4. The minimum absolute atomic E-state index is 0.0140. The summed E-state index contributed by atoms with van der Waals surface area (Å²) in [5, 5.41) is 13.1. The highest BCUT2D eigenvalue weighted by Gasteiger charge is 2.50. The summed E-state index contributed by atoms with van der Waals surface area (Å²) in [6, 6.07) is 21.8. The van der Waals surface area contributed by atoms with Gasteiger partial charge in [0.1, 0.15) is 11.5 Å². The van der Waals surface area contributed by atoms with Gasteiger partial charge >= 0.3 is 0 Å². The van der Waals surface area contributed by atoms with Crippen LogP contribution in [0.1, 0.15) is 35.2 Å². The molecule has 2 N–H and O–H groups in total. The highest BCUT2D eigenvalue weighted by Crippen LogP contribution is 2.48. The van der Waals surface area contributed by atoms with E-state index in [9.17, 15) is 14.7 Å². The van der Waals surface area contributed by atoms with Gasteiger partial charge in [-0.15, -0.1) is 0 Å². The number of rotatable bonds is 8. The number of nitrogens with one attached hydrogen (secondary N) is 1. The van der Waals surface area contributed by atoms with Crippen LogP contribution in [0.2, 0.25) is 0 Å². The monoisotopic (exact) mass is 500 g/mol. The average Bonchev–Trinajstić information content (AvgIpc) is 3.46. The number of fused-ring (bicyclic) bond motifs is 1. The van der Waals surface area contributed by atoms with E-state index in [0.29, 0.717) is 42.6 Å². The molecule has 2 atom stereocenters. The molecule has 0 aromatic heterocycles. The number of hydrogen-bond acceptors (Lipinski definition) is 5. The van der Waals surface area contributed by atoms with Crippen LogP contribution >= 0.6 is 0 Å². The molecule has 2 aliphatic rings. The lowest BCUT2D eigenvalue weighted by molar-refractivity contribution is -0.121. The van der Waals surface area contributed by atoms with Crippen molar-refractivity contribution in [2.75, 3.05) is 26.7 Å². The summed E-state index contributed by atoms with van der Waals surface area (Å²) in [6.45, 7) is 1.90. The summed E-state index contributed by atoms with van der Waals surface area (Å²) < 4.78 is 10.9. The van der Waals surface area contributed by atoms with E-state index in [2.05, 4.69) is 5.32 Å². The fourth-order valence-corrected chi connectivity index (χ4v) is 5.70. The highest BCUT2D eigenvalue weighted by molar-refractivity contribution is 5.94. The van der Waals surface area contributed by atoms with Crippen LogP contribution in [-0.4, -0.2) is 48.6 Å². The standard InChI is InChI=1S/C30H32N2O5/c1-36-27-14-9-21(16-26(27)33)17-28(34)31-19-30-15-5-6-23(30)18-32(20-30)29(35)22-10-12-25(13-11-22)37-24-7-3-2-4-8-24/h2-4,7-14,16,23,33H,5-6,15,17-20H2,1H3,(H,31,34)/t23-,30-/m0/s1. The van der Waals surface area contributed by atoms with Crippen molar-refractivity contribution in [2.24, 2.45) is 11.3 Å². The summed E-state index contributed by atoms with van der Waals surface area (Å²) >= 11 is 0. The fourth-order valence-electron chi connectivity index (χ4n) is 5.70. The van der Waals surface area contributed by atoms with E-state index in [1.54, 1.807) is 18.2 Å². The molecular weight excluding hydrogens is 468 g/mol. The summed E-state index contributed by atoms with van der Waals surface area (Å²) in [7, 11) is 1.49. The topological polar surface area (TPSA) is 88.1 Å². The lowest BCUT2D eigenvalue weighted by Crippen LogP contribution is -2.41. The van der Waals surface area contributed by atoms with Crippen LogP contribution in [0.5, 0.6) is 23.0 Å². The molecule has 0 spiro atoms. The second-order valence-corrected chi connectivity index (χ2v) is 10.0. The van der Waals surface area contributed by atoms with Gasteiger partial charge in [-0.3, -0.25) is 9.59 Å². The number of phenols is 1. The first kappa shape index (κ1) is 24.7. The quantitative estimate of drug-likeness (QED) is 0.464. The molecule has 5 rings (SSSR count). The second kappa shape index (κ2) is 10.5. The largest absolute Gasteiger partial charge is 0.504 e. The van der Waals surface area contributed by atoms with Crippen molar-refractivity contribution in [2.45, 2.75) is 25.7 Å². The molecule has 1 saturated heterocycles. The minimum Gasteiger partial charge on any atom is -0.504 e. The molecule has 37 heavy (non-hydrogen) atoms. The SMILES string of the molecule is COc1ccc(CC(=O)NC[C@]23CCC[C@H]2CN(C(=O)c2ccc(Oc4ccccc4)cc2)C3)cc1O. The van der Waals surface area contributed by atoms with Crippen LogP contribution in [0.4, 0.5) is 0 Å². The van der Waals surface area contributed by atoms with Crippen molar-refractivity contribution in [3.05, 3.63) is 83.9 Å². The molecule has 192 valence electrons. The number of phenolic OH excluding ortho intramolecular Hbond substituents is 1. The number of benzene rings is 3. The first-order valence-corrected chi connectivity index (χ1v) is 12.7. The lowest BCUT2D eigenvalue weighted by Gasteiger charge is -2.29. The molecule has 1 heterocycles. The van der Waals surface area contributed by atoms with Crippen LogP contribution in [0, 0.1) is 11.3 Å². The molecule has 0 bridgehead atoms. The molecular formula is C30H32N2O5. The number of hydrogen-bond donors (Lipinski definition) is 2. The molecule has 7 heteroatoms. The Morgan fingerprint density at radius 2 is 1.81 bits per heavy atom. The van der Waals surface area contributed by atoms with Crippen LogP contribution in [0.15, 0.2) is 72.8 Å². The summed E-state index contributed by atoms with van der Waals surface area (Å²) in [6.07, 6.45) is 3.35. The zero-order valence-electron chi connectivity index (χ0n) is 21.0. The van der Waals surface area contributed by atoms with Gasteiger partial charge in [0.25, 0.3) is 5.91 Å². The van der Waals surface area contributed by atoms with Crippen molar-refractivity contribution in [1.82, 2.24) is 10.2 Å². The Balaban J connectivity index is 1.19. The van der Waals surface area contributed by atoms with Gasteiger partial charge in [-0.05, 0) is 72.9 Å². The number of para-hydroxylation sites is 1. The Labute approximate surface area is 217 Å². The first-order chi connectivity index (χ1) is 18.0. The average molecular weight is 501 g/mol. The van der Waals surface area contributed by atoms with Gasteiger partial charge in [0.15, 0.2) is 11.5 Å². The van der Waals surface area contributed by atoms with Gasteiger partial charge < -0.3 is 24.8 Å². The van der Waals surface area contributed by atoms with E-state index in [4.69, 9.17) is 9.47 Å². The zero-order valence-corrected chi connectivity index (χ0v) is 21.0. The number of likely N-dealkylation sites (tertiary alicyclic amines) is 1. The fraction of sp³-hybridized carbons (Fsp3) is 0.333. The number of amides is 2. The zero-order chi connectivity index (χ0) is 25.8. The predicted octanol–water partition coefficient (Wildman–Crippen LogP) is 4.79. The highest BCUT2D eigenvalue weighted by atomic mass is 16.5. The molecule has 3 aromatic carbocycles. The number of methoxy groups -OCH3 is 1. The minimum atomic E-state index is -0.0941. The smallest absolute Gasteiger partial charge is 0.253 e. The molecule has 2 amide bonds. The molecule has 1 aliphatic carbocycles. The Kier molecular flexibility index (Phi) is 7.04. The van der Waals surface area contributed by atoms with Gasteiger partial charge in [0.2, 0.25) is 5.91 Å². The van der Waals surface area contributed by atoms with Crippen LogP contribution in [0.3, 0.4) is 0 Å². The summed E-state index contributed by atoms with van der Waals surface area (Å²) in [4.78, 5) is 28.0. The van der Waals surface area contributed by atoms with E-state index >= 15 is 0 Å². The third-order valence-electron chi connectivity index (χ3n) is 7.65. The third-order valence-corrected chi connectivity index (χ3v) is 7.65. The van der Waals surface area contributed by atoms with E-state index < -0.39 is 0 Å². The number of ether oxygens (including phenoxy) is 2. The Hall–Kier alpha value is -4.00. The maximum atomic E-state index is 13.3. The van der Waals surface area contributed by atoms with Crippen LogP contribution < -0.4 is 14.8 Å². The third kappa shape index (κ3) is 5.40. The van der Waals surface area contributed by atoms with Crippen molar-refractivity contribution < 1.29 is 24.2 Å². The van der Waals surface area contributed by atoms with Crippen LogP contribution in [0.25, 0.3) is 0 Å². The Bertz CT molecular complexity index is 1260. The predicted molar refractivity (Wildman–Crippen MR) is 140 cm³/mol. The van der Waals surface area contributed by atoms with Crippen molar-refractivity contribution in [1.29, 1.82) is 0 Å². The van der Waals surface area contributed by atoms with Gasteiger partial charge in [-0.2, -0.15) is 0 Å². The number of carbonyl (C=O) groups excluding carboxylic acids is 2. The van der Waals surface area contributed by atoms with Gasteiger partial charge in [0.05, 0.1) is 13.5 Å². The van der Waals surface area contributed by atoms with Crippen molar-refractivity contribution in [3.8, 4) is 23.0 Å². The van der Waals surface area contributed by atoms with E-state index in [1.807, 2.05) is 59.5 Å². The molecule has 0 radical (unpaired) electrons. The van der Waals surface area contributed by atoms with Crippen molar-refractivity contribution in [3.63, 3.8) is 0 Å². The van der Waals surface area contributed by atoms with Crippen LogP contribution in [-0.2, 0) is 11.2 Å². The van der Waals surface area contributed by atoms with Gasteiger partial charge in [-0.1, -0.05) is 30.7 Å². The van der Waals surface area contributed by atoms with Gasteiger partial charge in [-0.25, -0.2) is 0 Å². The van der Waals surface area contributed by atoms with E-state index in [-0.39, 0.29) is 29.4 Å². The molecule has 2 fully saturated rings. The van der Waals surface area contributed by atoms with E-state index in [1.165, 1.54) is 7.11 Å². The molecule has 7 nitrogen and oxygen atoms in total. The van der Waals surface area contributed by atoms with Gasteiger partial charge in [0, 0.05) is 30.6 Å². The van der Waals surface area contributed by atoms with Crippen molar-refractivity contribution >= 4 is 11.8 Å². The number of nitrogens with zero attached hydrogens (tertiary/aromatic N) is 1. The summed E-state index contributed by atoms with van der Waals surface area (Å²) in [5.41, 5.74) is 1.27. The summed E-state index contributed by atoms with van der Waals surface area (Å²) in [5.74, 6) is 2.14. The molecule has 3 aromatic rings. The maximum absolute atomic E-state index is 13.3. The maximum Gasteiger partial charge on any atom is 0.253 e. The molecule has 1 saturated carbocycles. The lowest BCUT2D eigenvalue weighted by atomic mass is 9.80. The Morgan fingerprint density at radius 1 is 1.05 bits per heavy atom.